The number of anilines is 2. The van der Waals surface area contributed by atoms with Crippen LogP contribution in [-0.2, 0) is 19.6 Å². The minimum Gasteiger partial charge on any atom is -0.452 e. The van der Waals surface area contributed by atoms with Gasteiger partial charge in [0.15, 0.2) is 6.61 Å². The summed E-state index contributed by atoms with van der Waals surface area (Å²) in [7, 11) is -3.99. The van der Waals surface area contributed by atoms with Crippen molar-refractivity contribution in [2.45, 2.75) is 4.90 Å². The fourth-order valence-corrected chi connectivity index (χ4v) is 3.75. The molecule has 0 aliphatic rings. The summed E-state index contributed by atoms with van der Waals surface area (Å²) < 4.78 is 45.6. The fraction of sp³-hybridized carbons (Fsp3) is 0.0476. The number of carbonyl (C=O) groups excluding carboxylic acids is 2. The third kappa shape index (κ3) is 6.03. The van der Waals surface area contributed by atoms with Crippen LogP contribution in [0.2, 0.25) is 5.02 Å². The number of hydrogen-bond donors (Lipinski definition) is 2. The van der Waals surface area contributed by atoms with Crippen LogP contribution < -0.4 is 10.0 Å². The van der Waals surface area contributed by atoms with E-state index in [0.717, 1.165) is 6.07 Å². The molecule has 0 heterocycles. The molecule has 0 unspecified atom stereocenters. The van der Waals surface area contributed by atoms with E-state index in [-0.39, 0.29) is 21.8 Å². The van der Waals surface area contributed by atoms with Gasteiger partial charge in [-0.3, -0.25) is 9.52 Å². The Morgan fingerprint density at radius 3 is 2.39 bits per heavy atom. The highest BCUT2D eigenvalue weighted by Crippen LogP contribution is 2.22. The van der Waals surface area contributed by atoms with Crippen LogP contribution in [-0.4, -0.2) is 26.9 Å². The number of hydrogen-bond acceptors (Lipinski definition) is 5. The maximum absolute atomic E-state index is 13.2. The Hall–Kier alpha value is -3.43. The third-order valence-corrected chi connectivity index (χ3v) is 5.59. The number of halogens is 2. The van der Waals surface area contributed by atoms with E-state index < -0.39 is 34.3 Å². The number of benzene rings is 3. The molecule has 10 heteroatoms. The van der Waals surface area contributed by atoms with Crippen LogP contribution in [0.1, 0.15) is 10.4 Å². The number of para-hydroxylation sites is 1. The summed E-state index contributed by atoms with van der Waals surface area (Å²) in [5, 5.41) is 2.76. The van der Waals surface area contributed by atoms with Crippen LogP contribution in [0.15, 0.2) is 77.7 Å². The molecule has 0 saturated heterocycles. The molecule has 0 atom stereocenters. The standard InChI is InChI=1S/C21H16ClFN2O5S/c22-14-8-10-17(11-9-14)31(28,29)25-19-7-2-1-6-18(19)21(27)30-13-20(26)24-16-5-3-4-15(23)12-16/h1-12,25H,13H2,(H,24,26). The quantitative estimate of drug-likeness (QED) is 0.515. The molecular weight excluding hydrogens is 447 g/mol. The van der Waals surface area contributed by atoms with Crippen LogP contribution in [0.3, 0.4) is 0 Å². The van der Waals surface area contributed by atoms with Gasteiger partial charge in [-0.2, -0.15) is 0 Å². The Kier molecular flexibility index (Phi) is 6.88. The zero-order valence-electron chi connectivity index (χ0n) is 15.8. The van der Waals surface area contributed by atoms with Gasteiger partial charge in [-0.05, 0) is 54.6 Å². The van der Waals surface area contributed by atoms with E-state index in [1.807, 2.05) is 0 Å². The minimum atomic E-state index is -3.99. The molecule has 0 aliphatic carbocycles. The van der Waals surface area contributed by atoms with Gasteiger partial charge in [-0.1, -0.05) is 29.8 Å². The van der Waals surface area contributed by atoms with Crippen LogP contribution in [0.5, 0.6) is 0 Å². The normalized spacial score (nSPS) is 10.9. The van der Waals surface area contributed by atoms with Crippen molar-refractivity contribution >= 4 is 44.9 Å². The first-order chi connectivity index (χ1) is 14.7. The van der Waals surface area contributed by atoms with Gasteiger partial charge in [0.05, 0.1) is 16.1 Å². The summed E-state index contributed by atoms with van der Waals surface area (Å²) in [5.41, 5.74) is 0.101. The number of amides is 1. The molecule has 0 spiro atoms. The number of esters is 1. The zero-order chi connectivity index (χ0) is 22.4. The summed E-state index contributed by atoms with van der Waals surface area (Å²) in [6.45, 7) is -0.645. The van der Waals surface area contributed by atoms with Gasteiger partial charge < -0.3 is 10.1 Å². The van der Waals surface area contributed by atoms with Crippen molar-refractivity contribution in [3.63, 3.8) is 0 Å². The Balaban J connectivity index is 1.68. The SMILES string of the molecule is O=C(COC(=O)c1ccccc1NS(=O)(=O)c1ccc(Cl)cc1)Nc1cccc(F)c1. The van der Waals surface area contributed by atoms with Crippen molar-refractivity contribution in [1.82, 2.24) is 0 Å². The molecule has 0 fully saturated rings. The Morgan fingerprint density at radius 2 is 1.68 bits per heavy atom. The van der Waals surface area contributed by atoms with Gasteiger partial charge in [0.25, 0.3) is 15.9 Å². The van der Waals surface area contributed by atoms with Crippen LogP contribution in [0.4, 0.5) is 15.8 Å². The minimum absolute atomic E-state index is 0.0204. The first-order valence-electron chi connectivity index (χ1n) is 8.84. The molecule has 1 amide bonds. The third-order valence-electron chi connectivity index (χ3n) is 3.96. The Morgan fingerprint density at radius 1 is 0.968 bits per heavy atom. The van der Waals surface area contributed by atoms with Gasteiger partial charge in [-0.25, -0.2) is 17.6 Å². The molecule has 0 bridgehead atoms. The van der Waals surface area contributed by atoms with Crippen molar-refractivity contribution in [2.75, 3.05) is 16.6 Å². The van der Waals surface area contributed by atoms with Gasteiger partial charge in [0, 0.05) is 10.7 Å². The average molecular weight is 463 g/mol. The number of nitrogens with one attached hydrogen (secondary N) is 2. The molecule has 3 rings (SSSR count). The molecule has 3 aromatic rings. The van der Waals surface area contributed by atoms with E-state index in [0.29, 0.717) is 5.02 Å². The van der Waals surface area contributed by atoms with E-state index in [2.05, 4.69) is 10.0 Å². The van der Waals surface area contributed by atoms with E-state index in [9.17, 15) is 22.4 Å². The molecule has 31 heavy (non-hydrogen) atoms. The average Bonchev–Trinajstić information content (AvgIpc) is 2.72. The number of carbonyl (C=O) groups is 2. The second-order valence-corrected chi connectivity index (χ2v) is 8.36. The lowest BCUT2D eigenvalue weighted by atomic mass is 10.2. The van der Waals surface area contributed by atoms with Crippen molar-refractivity contribution in [2.24, 2.45) is 0 Å². The lowest BCUT2D eigenvalue weighted by Crippen LogP contribution is -2.22. The molecule has 2 N–H and O–H groups in total. The highest BCUT2D eigenvalue weighted by Gasteiger charge is 2.20. The number of ether oxygens (including phenoxy) is 1. The lowest BCUT2D eigenvalue weighted by molar-refractivity contribution is -0.119. The van der Waals surface area contributed by atoms with Crippen LogP contribution in [0.25, 0.3) is 0 Å². The fourth-order valence-electron chi connectivity index (χ4n) is 2.54. The maximum atomic E-state index is 13.2. The molecule has 160 valence electrons. The monoisotopic (exact) mass is 462 g/mol. The zero-order valence-corrected chi connectivity index (χ0v) is 17.4. The topological polar surface area (TPSA) is 102 Å². The van der Waals surface area contributed by atoms with E-state index >= 15 is 0 Å². The summed E-state index contributed by atoms with van der Waals surface area (Å²) >= 11 is 5.78. The first-order valence-corrected chi connectivity index (χ1v) is 10.7. The lowest BCUT2D eigenvalue weighted by Gasteiger charge is -2.12. The van der Waals surface area contributed by atoms with Crippen molar-refractivity contribution in [1.29, 1.82) is 0 Å². The van der Waals surface area contributed by atoms with Gasteiger partial charge in [0.1, 0.15) is 5.82 Å². The molecule has 0 aliphatic heterocycles. The van der Waals surface area contributed by atoms with E-state index in [4.69, 9.17) is 16.3 Å². The smallest absolute Gasteiger partial charge is 0.340 e. The van der Waals surface area contributed by atoms with Gasteiger partial charge in [-0.15, -0.1) is 0 Å². The molecule has 0 aromatic heterocycles. The molecule has 7 nitrogen and oxygen atoms in total. The molecule has 0 saturated carbocycles. The number of sulfonamides is 1. The van der Waals surface area contributed by atoms with Crippen molar-refractivity contribution in [3.8, 4) is 0 Å². The largest absolute Gasteiger partial charge is 0.452 e. The molecule has 3 aromatic carbocycles. The first kappa shape index (κ1) is 22.3. The second kappa shape index (κ2) is 9.59. The molecule has 0 radical (unpaired) electrons. The Bertz CT molecular complexity index is 1220. The van der Waals surface area contributed by atoms with Crippen molar-refractivity contribution in [3.05, 3.63) is 89.2 Å². The van der Waals surface area contributed by atoms with Crippen LogP contribution in [0, 0.1) is 5.82 Å². The van der Waals surface area contributed by atoms with E-state index in [1.165, 1.54) is 66.7 Å². The van der Waals surface area contributed by atoms with Crippen LogP contribution >= 0.6 is 11.6 Å². The predicted molar refractivity (Wildman–Crippen MR) is 114 cm³/mol. The summed E-state index contributed by atoms with van der Waals surface area (Å²) in [5.74, 6) is -2.13. The summed E-state index contributed by atoms with van der Waals surface area (Å²) in [6, 6.07) is 16.5. The number of rotatable bonds is 7. The summed E-state index contributed by atoms with van der Waals surface area (Å²) in [4.78, 5) is 24.3. The predicted octanol–water partition coefficient (Wildman–Crippen LogP) is 4.08. The maximum Gasteiger partial charge on any atom is 0.340 e. The highest BCUT2D eigenvalue weighted by atomic mass is 35.5. The van der Waals surface area contributed by atoms with Gasteiger partial charge in [0.2, 0.25) is 0 Å². The summed E-state index contributed by atoms with van der Waals surface area (Å²) in [6.07, 6.45) is 0. The van der Waals surface area contributed by atoms with E-state index in [1.54, 1.807) is 0 Å². The van der Waals surface area contributed by atoms with Gasteiger partial charge >= 0.3 is 5.97 Å². The second-order valence-electron chi connectivity index (χ2n) is 6.24. The van der Waals surface area contributed by atoms with Crippen molar-refractivity contribution < 1.29 is 27.1 Å². The molecular formula is C21H16ClFN2O5S. The highest BCUT2D eigenvalue weighted by molar-refractivity contribution is 7.92. The Labute approximate surface area is 182 Å².